The maximum absolute atomic E-state index is 11.0. The second-order valence-electron chi connectivity index (χ2n) is 5.29. The molecule has 1 aliphatic carbocycles. The number of nitro groups is 1. The summed E-state index contributed by atoms with van der Waals surface area (Å²) in [6.45, 7) is 4.95. The van der Waals surface area contributed by atoms with Crippen LogP contribution in [0, 0.1) is 10.1 Å². The number of anilines is 2. The first kappa shape index (κ1) is 13.6. The Morgan fingerprint density at radius 2 is 2.21 bits per heavy atom. The van der Waals surface area contributed by atoms with Gasteiger partial charge in [0.25, 0.3) is 0 Å². The smallest absolute Gasteiger partial charge is 0.311 e. The zero-order chi connectivity index (χ0) is 13.9. The van der Waals surface area contributed by atoms with Crippen LogP contribution in [0.15, 0.2) is 12.1 Å². The highest BCUT2D eigenvalue weighted by Gasteiger charge is 2.34. The molecule has 1 aromatic heterocycles. The maximum atomic E-state index is 11.0. The van der Waals surface area contributed by atoms with Crippen LogP contribution in [0.1, 0.15) is 39.5 Å². The summed E-state index contributed by atoms with van der Waals surface area (Å²) in [5, 5.41) is 17.4. The fraction of sp³-hybridized carbons (Fsp3) is 0.615. The Morgan fingerprint density at radius 1 is 1.47 bits per heavy atom. The second kappa shape index (κ2) is 5.42. The SMILES string of the molecule is CCCNc1ccc([N+](=O)[O-])c(NC2(C)CCC2)n1. The highest BCUT2D eigenvalue weighted by atomic mass is 16.6. The van der Waals surface area contributed by atoms with Gasteiger partial charge in [-0.1, -0.05) is 6.92 Å². The normalized spacial score (nSPS) is 16.5. The van der Waals surface area contributed by atoms with E-state index in [0.717, 1.165) is 32.2 Å². The van der Waals surface area contributed by atoms with Gasteiger partial charge in [0, 0.05) is 18.2 Å². The molecular formula is C13H20N4O2. The summed E-state index contributed by atoms with van der Waals surface area (Å²) in [7, 11) is 0. The molecule has 1 heterocycles. The molecule has 1 aliphatic rings. The van der Waals surface area contributed by atoms with E-state index in [0.29, 0.717) is 11.6 Å². The number of hydrogen-bond donors (Lipinski definition) is 2. The van der Waals surface area contributed by atoms with Crippen molar-refractivity contribution in [1.82, 2.24) is 4.98 Å². The first-order chi connectivity index (χ1) is 9.04. The van der Waals surface area contributed by atoms with Crippen LogP contribution in [0.25, 0.3) is 0 Å². The molecule has 104 valence electrons. The van der Waals surface area contributed by atoms with Crippen LogP contribution in [-0.2, 0) is 0 Å². The van der Waals surface area contributed by atoms with Crippen molar-refractivity contribution >= 4 is 17.3 Å². The molecule has 0 aromatic carbocycles. The zero-order valence-corrected chi connectivity index (χ0v) is 11.4. The van der Waals surface area contributed by atoms with Crippen molar-refractivity contribution in [2.45, 2.75) is 45.1 Å². The Balaban J connectivity index is 2.22. The lowest BCUT2D eigenvalue weighted by Gasteiger charge is -2.39. The predicted octanol–water partition coefficient (Wildman–Crippen LogP) is 3.17. The van der Waals surface area contributed by atoms with Gasteiger partial charge in [0.1, 0.15) is 5.82 Å². The third-order valence-electron chi connectivity index (χ3n) is 3.50. The maximum Gasteiger partial charge on any atom is 0.311 e. The van der Waals surface area contributed by atoms with Crippen LogP contribution in [0.2, 0.25) is 0 Å². The molecule has 0 atom stereocenters. The summed E-state index contributed by atoms with van der Waals surface area (Å²) >= 11 is 0. The van der Waals surface area contributed by atoms with E-state index in [4.69, 9.17) is 0 Å². The number of pyridine rings is 1. The second-order valence-corrected chi connectivity index (χ2v) is 5.29. The minimum atomic E-state index is -0.388. The van der Waals surface area contributed by atoms with E-state index in [1.807, 2.05) is 0 Å². The summed E-state index contributed by atoms with van der Waals surface area (Å²) in [6, 6.07) is 3.16. The van der Waals surface area contributed by atoms with Crippen LogP contribution >= 0.6 is 0 Å². The highest BCUT2D eigenvalue weighted by Crippen LogP contribution is 2.36. The molecule has 0 bridgehead atoms. The first-order valence-corrected chi connectivity index (χ1v) is 6.71. The van der Waals surface area contributed by atoms with Crippen molar-refractivity contribution in [3.05, 3.63) is 22.2 Å². The van der Waals surface area contributed by atoms with E-state index in [9.17, 15) is 10.1 Å². The molecule has 0 spiro atoms. The lowest BCUT2D eigenvalue weighted by molar-refractivity contribution is -0.384. The summed E-state index contributed by atoms with van der Waals surface area (Å²) in [5.74, 6) is 1.05. The monoisotopic (exact) mass is 264 g/mol. The average Bonchev–Trinajstić information content (AvgIpc) is 2.34. The fourth-order valence-corrected chi connectivity index (χ4v) is 2.16. The third kappa shape index (κ3) is 3.13. The van der Waals surface area contributed by atoms with Crippen LogP contribution in [0.3, 0.4) is 0 Å². The molecule has 2 rings (SSSR count). The number of aromatic nitrogens is 1. The van der Waals surface area contributed by atoms with Gasteiger partial charge in [0.05, 0.1) is 4.92 Å². The van der Waals surface area contributed by atoms with Gasteiger partial charge in [0.2, 0.25) is 5.82 Å². The molecule has 6 nitrogen and oxygen atoms in total. The Hall–Kier alpha value is -1.85. The summed E-state index contributed by atoms with van der Waals surface area (Å²) < 4.78 is 0. The van der Waals surface area contributed by atoms with Crippen molar-refractivity contribution in [1.29, 1.82) is 0 Å². The molecular weight excluding hydrogens is 244 g/mol. The quantitative estimate of drug-likeness (QED) is 0.609. The molecule has 1 fully saturated rings. The summed E-state index contributed by atoms with van der Waals surface area (Å²) in [4.78, 5) is 15.0. The first-order valence-electron chi connectivity index (χ1n) is 6.71. The van der Waals surface area contributed by atoms with Gasteiger partial charge in [-0.3, -0.25) is 10.1 Å². The van der Waals surface area contributed by atoms with Crippen molar-refractivity contribution in [2.24, 2.45) is 0 Å². The Labute approximate surface area is 112 Å². The molecule has 19 heavy (non-hydrogen) atoms. The lowest BCUT2D eigenvalue weighted by Crippen LogP contribution is -2.42. The average molecular weight is 264 g/mol. The van der Waals surface area contributed by atoms with Gasteiger partial charge >= 0.3 is 5.69 Å². The Bertz CT molecular complexity index is 472. The molecule has 6 heteroatoms. The Morgan fingerprint density at radius 3 is 2.74 bits per heavy atom. The van der Waals surface area contributed by atoms with Crippen molar-refractivity contribution in [3.8, 4) is 0 Å². The van der Waals surface area contributed by atoms with Crippen LogP contribution in [-0.4, -0.2) is 22.0 Å². The van der Waals surface area contributed by atoms with Gasteiger partial charge in [0.15, 0.2) is 0 Å². The lowest BCUT2D eigenvalue weighted by atomic mass is 9.78. The van der Waals surface area contributed by atoms with Crippen LogP contribution in [0.4, 0.5) is 17.3 Å². The largest absolute Gasteiger partial charge is 0.370 e. The number of hydrogen-bond acceptors (Lipinski definition) is 5. The van der Waals surface area contributed by atoms with Gasteiger partial charge in [-0.25, -0.2) is 4.98 Å². The highest BCUT2D eigenvalue weighted by molar-refractivity contribution is 5.61. The van der Waals surface area contributed by atoms with Crippen molar-refractivity contribution in [3.63, 3.8) is 0 Å². The molecule has 0 unspecified atom stereocenters. The standard InChI is InChI=1S/C13H20N4O2/c1-3-9-14-11-6-5-10(17(18)19)12(15-11)16-13(2)7-4-8-13/h5-6H,3-4,7-9H2,1-2H3,(H2,14,15,16). The molecule has 1 aromatic rings. The van der Waals surface area contributed by atoms with Crippen molar-refractivity contribution < 1.29 is 4.92 Å². The van der Waals surface area contributed by atoms with E-state index < -0.39 is 0 Å². The van der Waals surface area contributed by atoms with Gasteiger partial charge in [-0.05, 0) is 38.7 Å². The molecule has 0 saturated heterocycles. The number of rotatable bonds is 6. The molecule has 0 radical (unpaired) electrons. The third-order valence-corrected chi connectivity index (χ3v) is 3.50. The van der Waals surface area contributed by atoms with Gasteiger partial charge < -0.3 is 10.6 Å². The summed E-state index contributed by atoms with van der Waals surface area (Å²) in [5.41, 5.74) is -0.0172. The topological polar surface area (TPSA) is 80.1 Å². The van der Waals surface area contributed by atoms with Crippen molar-refractivity contribution in [2.75, 3.05) is 17.2 Å². The molecule has 0 aliphatic heterocycles. The minimum absolute atomic E-state index is 0.0372. The fourth-order valence-electron chi connectivity index (χ4n) is 2.16. The summed E-state index contributed by atoms with van der Waals surface area (Å²) in [6.07, 6.45) is 4.20. The number of nitrogens with one attached hydrogen (secondary N) is 2. The van der Waals surface area contributed by atoms with E-state index in [1.54, 1.807) is 6.07 Å². The van der Waals surface area contributed by atoms with E-state index >= 15 is 0 Å². The van der Waals surface area contributed by atoms with E-state index in [-0.39, 0.29) is 16.1 Å². The Kier molecular flexibility index (Phi) is 3.87. The zero-order valence-electron chi connectivity index (χ0n) is 11.4. The molecule has 1 saturated carbocycles. The van der Waals surface area contributed by atoms with E-state index in [1.165, 1.54) is 6.07 Å². The minimum Gasteiger partial charge on any atom is -0.370 e. The van der Waals surface area contributed by atoms with Crippen LogP contribution in [0.5, 0.6) is 0 Å². The molecule has 0 amide bonds. The van der Waals surface area contributed by atoms with Gasteiger partial charge in [-0.2, -0.15) is 0 Å². The van der Waals surface area contributed by atoms with Crippen LogP contribution < -0.4 is 10.6 Å². The predicted molar refractivity (Wildman–Crippen MR) is 75.6 cm³/mol. The van der Waals surface area contributed by atoms with E-state index in [2.05, 4.69) is 29.5 Å². The number of nitrogens with zero attached hydrogens (tertiary/aromatic N) is 2. The van der Waals surface area contributed by atoms with Gasteiger partial charge in [-0.15, -0.1) is 0 Å². The molecule has 2 N–H and O–H groups in total.